The highest BCUT2D eigenvalue weighted by atomic mass is 14.9. The molecule has 0 bridgehead atoms. The Morgan fingerprint density at radius 1 is 0.778 bits per heavy atom. The lowest BCUT2D eigenvalue weighted by Crippen LogP contribution is -2.23. The highest BCUT2D eigenvalue weighted by molar-refractivity contribution is 5.20. The lowest BCUT2D eigenvalue weighted by atomic mass is 10.0. The van der Waals surface area contributed by atoms with E-state index in [0.29, 0.717) is 12.0 Å². The molecule has 1 N–H and O–H groups in total. The van der Waals surface area contributed by atoms with Crippen LogP contribution in [0.3, 0.4) is 0 Å². The minimum Gasteiger partial charge on any atom is -0.310 e. The molecular weight excluding hydrogens is 218 g/mol. The van der Waals surface area contributed by atoms with E-state index >= 15 is 0 Å². The van der Waals surface area contributed by atoms with Gasteiger partial charge in [-0.15, -0.1) is 0 Å². The molecule has 0 aliphatic rings. The van der Waals surface area contributed by atoms with Gasteiger partial charge in [-0.25, -0.2) is 0 Å². The maximum Gasteiger partial charge on any atom is 0.0292 e. The molecule has 0 aliphatic heterocycles. The third-order valence-corrected chi connectivity index (χ3v) is 3.40. The van der Waals surface area contributed by atoms with Crippen LogP contribution in [0.2, 0.25) is 0 Å². The molecule has 0 radical (unpaired) electrons. The first kappa shape index (κ1) is 12.8. The van der Waals surface area contributed by atoms with Crippen LogP contribution in [0.4, 0.5) is 0 Å². The van der Waals surface area contributed by atoms with Crippen molar-refractivity contribution < 1.29 is 0 Å². The van der Waals surface area contributed by atoms with Crippen molar-refractivity contribution in [2.24, 2.45) is 0 Å². The van der Waals surface area contributed by atoms with E-state index in [0.717, 1.165) is 6.54 Å². The first-order chi connectivity index (χ1) is 8.77. The van der Waals surface area contributed by atoms with Crippen LogP contribution >= 0.6 is 0 Å². The highest BCUT2D eigenvalue weighted by Gasteiger charge is 2.08. The van der Waals surface area contributed by atoms with Gasteiger partial charge in [-0.2, -0.15) is 0 Å². The predicted octanol–water partition coefficient (Wildman–Crippen LogP) is 4.14. The summed E-state index contributed by atoms with van der Waals surface area (Å²) in [6, 6.07) is 21.6. The SMILES string of the molecule is CC(CN[C@H](C)c1ccccc1)c1ccccc1. The van der Waals surface area contributed by atoms with Crippen molar-refractivity contribution in [3.8, 4) is 0 Å². The van der Waals surface area contributed by atoms with Gasteiger partial charge >= 0.3 is 0 Å². The third-order valence-electron chi connectivity index (χ3n) is 3.40. The van der Waals surface area contributed by atoms with Crippen molar-refractivity contribution in [2.75, 3.05) is 6.54 Å². The molecule has 0 heterocycles. The molecule has 0 aliphatic carbocycles. The fourth-order valence-corrected chi connectivity index (χ4v) is 2.11. The molecule has 0 aromatic heterocycles. The van der Waals surface area contributed by atoms with E-state index in [1.165, 1.54) is 11.1 Å². The molecule has 18 heavy (non-hydrogen) atoms. The van der Waals surface area contributed by atoms with Crippen molar-refractivity contribution in [3.05, 3.63) is 71.8 Å². The molecule has 2 aromatic carbocycles. The van der Waals surface area contributed by atoms with Crippen LogP contribution in [0.5, 0.6) is 0 Å². The standard InChI is InChI=1S/C17H21N/c1-14(16-9-5-3-6-10-16)13-18-15(2)17-11-7-4-8-12-17/h3-12,14-15,18H,13H2,1-2H3/t14?,15-/m1/s1. The van der Waals surface area contributed by atoms with Gasteiger partial charge in [0.15, 0.2) is 0 Å². The number of benzene rings is 2. The maximum atomic E-state index is 3.60. The summed E-state index contributed by atoms with van der Waals surface area (Å²) in [7, 11) is 0. The fraction of sp³-hybridized carbons (Fsp3) is 0.294. The van der Waals surface area contributed by atoms with Gasteiger partial charge in [0.2, 0.25) is 0 Å². The summed E-state index contributed by atoms with van der Waals surface area (Å²) in [4.78, 5) is 0. The Morgan fingerprint density at radius 3 is 1.83 bits per heavy atom. The molecule has 1 unspecified atom stereocenters. The number of hydrogen-bond acceptors (Lipinski definition) is 1. The second-order valence-corrected chi connectivity index (χ2v) is 4.85. The minimum atomic E-state index is 0.400. The molecule has 2 rings (SSSR count). The zero-order valence-electron chi connectivity index (χ0n) is 11.1. The number of hydrogen-bond donors (Lipinski definition) is 1. The summed E-state index contributed by atoms with van der Waals surface area (Å²) in [6.45, 7) is 5.48. The van der Waals surface area contributed by atoms with Crippen molar-refractivity contribution in [2.45, 2.75) is 25.8 Å². The van der Waals surface area contributed by atoms with E-state index in [1.807, 2.05) is 0 Å². The summed E-state index contributed by atoms with van der Waals surface area (Å²) in [6.07, 6.45) is 0. The zero-order valence-corrected chi connectivity index (χ0v) is 11.1. The summed E-state index contributed by atoms with van der Waals surface area (Å²) in [5.41, 5.74) is 2.74. The van der Waals surface area contributed by atoms with Gasteiger partial charge in [0.05, 0.1) is 0 Å². The van der Waals surface area contributed by atoms with Crippen LogP contribution in [-0.4, -0.2) is 6.54 Å². The largest absolute Gasteiger partial charge is 0.310 e. The lowest BCUT2D eigenvalue weighted by Gasteiger charge is -2.18. The summed E-state index contributed by atoms with van der Waals surface area (Å²) in [5, 5.41) is 3.60. The Morgan fingerprint density at radius 2 is 1.28 bits per heavy atom. The van der Waals surface area contributed by atoms with E-state index in [9.17, 15) is 0 Å². The van der Waals surface area contributed by atoms with Crippen LogP contribution in [0.15, 0.2) is 60.7 Å². The summed E-state index contributed by atoms with van der Waals surface area (Å²) in [5.74, 6) is 0.539. The molecule has 1 heteroatoms. The van der Waals surface area contributed by atoms with E-state index in [4.69, 9.17) is 0 Å². The Kier molecular flexibility index (Phi) is 4.54. The predicted molar refractivity (Wildman–Crippen MR) is 77.7 cm³/mol. The topological polar surface area (TPSA) is 12.0 Å². The minimum absolute atomic E-state index is 0.400. The second-order valence-electron chi connectivity index (χ2n) is 4.85. The number of rotatable bonds is 5. The van der Waals surface area contributed by atoms with Crippen molar-refractivity contribution in [1.82, 2.24) is 5.32 Å². The Balaban J connectivity index is 1.89. The van der Waals surface area contributed by atoms with Gasteiger partial charge in [-0.05, 0) is 24.0 Å². The normalized spacial score (nSPS) is 14.1. The average molecular weight is 239 g/mol. The molecule has 94 valence electrons. The molecule has 2 atom stereocenters. The lowest BCUT2D eigenvalue weighted by molar-refractivity contribution is 0.537. The van der Waals surface area contributed by atoms with Gasteiger partial charge in [-0.1, -0.05) is 67.6 Å². The van der Waals surface area contributed by atoms with Crippen LogP contribution < -0.4 is 5.32 Å². The highest BCUT2D eigenvalue weighted by Crippen LogP contribution is 2.16. The first-order valence-electron chi connectivity index (χ1n) is 6.60. The molecule has 0 saturated carbocycles. The fourth-order valence-electron chi connectivity index (χ4n) is 2.11. The first-order valence-corrected chi connectivity index (χ1v) is 6.60. The van der Waals surface area contributed by atoms with E-state index in [-0.39, 0.29) is 0 Å². The Hall–Kier alpha value is -1.60. The Labute approximate surface area is 110 Å². The van der Waals surface area contributed by atoms with Crippen LogP contribution in [0.25, 0.3) is 0 Å². The molecule has 0 saturated heterocycles. The van der Waals surface area contributed by atoms with Gasteiger partial charge in [0.1, 0.15) is 0 Å². The molecule has 0 spiro atoms. The second kappa shape index (κ2) is 6.36. The molecule has 1 nitrogen and oxygen atoms in total. The van der Waals surface area contributed by atoms with E-state index < -0.39 is 0 Å². The van der Waals surface area contributed by atoms with E-state index in [1.54, 1.807) is 0 Å². The smallest absolute Gasteiger partial charge is 0.0292 e. The van der Waals surface area contributed by atoms with Crippen LogP contribution in [0, 0.1) is 0 Å². The van der Waals surface area contributed by atoms with E-state index in [2.05, 4.69) is 79.8 Å². The van der Waals surface area contributed by atoms with Crippen LogP contribution in [0.1, 0.15) is 36.9 Å². The monoisotopic (exact) mass is 239 g/mol. The maximum absolute atomic E-state index is 3.60. The summed E-state index contributed by atoms with van der Waals surface area (Å²) < 4.78 is 0. The van der Waals surface area contributed by atoms with Crippen molar-refractivity contribution in [1.29, 1.82) is 0 Å². The quantitative estimate of drug-likeness (QED) is 0.827. The van der Waals surface area contributed by atoms with Gasteiger partial charge in [0, 0.05) is 12.6 Å². The number of nitrogens with one attached hydrogen (secondary N) is 1. The molecular formula is C17H21N. The van der Waals surface area contributed by atoms with Gasteiger partial charge < -0.3 is 5.32 Å². The molecule has 2 aromatic rings. The van der Waals surface area contributed by atoms with Gasteiger partial charge in [-0.3, -0.25) is 0 Å². The summed E-state index contributed by atoms with van der Waals surface area (Å²) >= 11 is 0. The third kappa shape index (κ3) is 3.44. The molecule has 0 fully saturated rings. The van der Waals surface area contributed by atoms with Gasteiger partial charge in [0.25, 0.3) is 0 Å². The average Bonchev–Trinajstić information content (AvgIpc) is 2.46. The van der Waals surface area contributed by atoms with Crippen molar-refractivity contribution in [3.63, 3.8) is 0 Å². The Bertz CT molecular complexity index is 404. The van der Waals surface area contributed by atoms with Crippen molar-refractivity contribution >= 4 is 0 Å². The zero-order chi connectivity index (χ0) is 12.8. The van der Waals surface area contributed by atoms with Crippen LogP contribution in [-0.2, 0) is 0 Å². The molecule has 0 amide bonds.